The second-order valence-corrected chi connectivity index (χ2v) is 5.22. The number of amides is 1. The van der Waals surface area contributed by atoms with Crippen LogP contribution in [0.5, 0.6) is 0 Å². The Balaban J connectivity index is 2.18. The SMILES string of the molecule is CC(N)C1CCCCN1C(=O)c1ccc(Cl)cn1. The summed E-state index contributed by atoms with van der Waals surface area (Å²) in [5.74, 6) is -0.0475. The number of rotatable bonds is 2. The molecular formula is C13H18ClN3O. The lowest BCUT2D eigenvalue weighted by Crippen LogP contribution is -2.51. The number of carbonyl (C=O) groups excluding carboxylic acids is 1. The van der Waals surface area contributed by atoms with Crippen LogP contribution in [0.2, 0.25) is 5.02 Å². The van der Waals surface area contributed by atoms with Crippen LogP contribution < -0.4 is 5.73 Å². The van der Waals surface area contributed by atoms with E-state index in [1.54, 1.807) is 12.1 Å². The monoisotopic (exact) mass is 267 g/mol. The Hall–Kier alpha value is -1.13. The van der Waals surface area contributed by atoms with Crippen molar-refractivity contribution in [2.45, 2.75) is 38.3 Å². The highest BCUT2D eigenvalue weighted by molar-refractivity contribution is 6.30. The molecule has 0 saturated carbocycles. The maximum absolute atomic E-state index is 12.4. The molecule has 0 aliphatic carbocycles. The minimum atomic E-state index is -0.0475. The molecule has 4 nitrogen and oxygen atoms in total. The predicted molar refractivity (Wildman–Crippen MR) is 71.6 cm³/mol. The number of hydrogen-bond donors (Lipinski definition) is 1. The van der Waals surface area contributed by atoms with E-state index < -0.39 is 0 Å². The van der Waals surface area contributed by atoms with Gasteiger partial charge in [-0.2, -0.15) is 0 Å². The van der Waals surface area contributed by atoms with Crippen LogP contribution in [-0.2, 0) is 0 Å². The second kappa shape index (κ2) is 5.67. The van der Waals surface area contributed by atoms with E-state index in [2.05, 4.69) is 4.98 Å². The number of nitrogens with zero attached hydrogens (tertiary/aromatic N) is 2. The van der Waals surface area contributed by atoms with Crippen LogP contribution in [0, 0.1) is 0 Å². The summed E-state index contributed by atoms with van der Waals surface area (Å²) in [7, 11) is 0. The largest absolute Gasteiger partial charge is 0.333 e. The maximum Gasteiger partial charge on any atom is 0.272 e. The van der Waals surface area contributed by atoms with E-state index in [1.165, 1.54) is 6.20 Å². The summed E-state index contributed by atoms with van der Waals surface area (Å²) in [5.41, 5.74) is 6.40. The molecule has 18 heavy (non-hydrogen) atoms. The van der Waals surface area contributed by atoms with Gasteiger partial charge in [-0.1, -0.05) is 11.6 Å². The number of piperidine rings is 1. The average molecular weight is 268 g/mol. The van der Waals surface area contributed by atoms with Crippen LogP contribution in [0.15, 0.2) is 18.3 Å². The summed E-state index contributed by atoms with van der Waals surface area (Å²) in [6.45, 7) is 2.71. The second-order valence-electron chi connectivity index (χ2n) is 4.78. The van der Waals surface area contributed by atoms with Crippen LogP contribution in [0.1, 0.15) is 36.7 Å². The molecule has 5 heteroatoms. The molecule has 0 spiro atoms. The van der Waals surface area contributed by atoms with Crippen LogP contribution in [0.3, 0.4) is 0 Å². The van der Waals surface area contributed by atoms with Crippen molar-refractivity contribution in [1.29, 1.82) is 0 Å². The van der Waals surface area contributed by atoms with E-state index in [0.717, 1.165) is 25.8 Å². The van der Waals surface area contributed by atoms with Gasteiger partial charge in [0.1, 0.15) is 5.69 Å². The zero-order chi connectivity index (χ0) is 13.1. The number of halogens is 1. The lowest BCUT2D eigenvalue weighted by Gasteiger charge is -2.37. The minimum Gasteiger partial charge on any atom is -0.333 e. The van der Waals surface area contributed by atoms with Gasteiger partial charge in [0.05, 0.1) is 5.02 Å². The number of nitrogens with two attached hydrogens (primary N) is 1. The number of carbonyl (C=O) groups is 1. The Bertz CT molecular complexity index is 419. The third-order valence-electron chi connectivity index (χ3n) is 3.36. The van der Waals surface area contributed by atoms with E-state index in [4.69, 9.17) is 17.3 Å². The summed E-state index contributed by atoms with van der Waals surface area (Å²) < 4.78 is 0. The van der Waals surface area contributed by atoms with Gasteiger partial charge in [-0.05, 0) is 38.3 Å². The molecule has 1 amide bonds. The Morgan fingerprint density at radius 2 is 2.33 bits per heavy atom. The molecule has 2 atom stereocenters. The molecule has 0 bridgehead atoms. The van der Waals surface area contributed by atoms with E-state index in [9.17, 15) is 4.79 Å². The zero-order valence-electron chi connectivity index (χ0n) is 10.5. The van der Waals surface area contributed by atoms with Gasteiger partial charge >= 0.3 is 0 Å². The quantitative estimate of drug-likeness (QED) is 0.892. The Labute approximate surface area is 112 Å². The summed E-state index contributed by atoms with van der Waals surface area (Å²) in [6.07, 6.45) is 4.63. The van der Waals surface area contributed by atoms with Crippen molar-refractivity contribution in [2.75, 3.05) is 6.54 Å². The third-order valence-corrected chi connectivity index (χ3v) is 3.59. The van der Waals surface area contributed by atoms with Gasteiger partial charge in [0.25, 0.3) is 5.91 Å². The average Bonchev–Trinajstić information content (AvgIpc) is 2.39. The molecule has 2 N–H and O–H groups in total. The maximum atomic E-state index is 12.4. The highest BCUT2D eigenvalue weighted by Crippen LogP contribution is 2.21. The van der Waals surface area contributed by atoms with Crippen LogP contribution in [0.25, 0.3) is 0 Å². The van der Waals surface area contributed by atoms with Crippen LogP contribution >= 0.6 is 11.6 Å². The first kappa shape index (κ1) is 13.3. The molecule has 1 aliphatic heterocycles. The van der Waals surface area contributed by atoms with E-state index >= 15 is 0 Å². The highest BCUT2D eigenvalue weighted by Gasteiger charge is 2.30. The summed E-state index contributed by atoms with van der Waals surface area (Å²) in [4.78, 5) is 18.3. The molecule has 98 valence electrons. The summed E-state index contributed by atoms with van der Waals surface area (Å²) in [6, 6.07) is 3.45. The van der Waals surface area contributed by atoms with Crippen molar-refractivity contribution in [3.63, 3.8) is 0 Å². The van der Waals surface area contributed by atoms with Gasteiger partial charge in [-0.3, -0.25) is 4.79 Å². The topological polar surface area (TPSA) is 59.2 Å². The Kier molecular flexibility index (Phi) is 4.19. The third kappa shape index (κ3) is 2.82. The molecule has 1 fully saturated rings. The van der Waals surface area contributed by atoms with Crippen molar-refractivity contribution in [2.24, 2.45) is 5.73 Å². The normalized spacial score (nSPS) is 21.7. The Morgan fingerprint density at radius 1 is 1.56 bits per heavy atom. The fraction of sp³-hybridized carbons (Fsp3) is 0.538. The van der Waals surface area contributed by atoms with Crippen molar-refractivity contribution in [1.82, 2.24) is 9.88 Å². The molecule has 1 aliphatic rings. The first-order chi connectivity index (χ1) is 8.59. The first-order valence-corrected chi connectivity index (χ1v) is 6.65. The highest BCUT2D eigenvalue weighted by atomic mass is 35.5. The fourth-order valence-corrected chi connectivity index (χ4v) is 2.52. The molecule has 2 heterocycles. The van der Waals surface area contributed by atoms with E-state index in [-0.39, 0.29) is 18.0 Å². The summed E-state index contributed by atoms with van der Waals surface area (Å²) >= 11 is 5.77. The van der Waals surface area contributed by atoms with Gasteiger partial charge in [0, 0.05) is 24.8 Å². The number of pyridine rings is 1. The first-order valence-electron chi connectivity index (χ1n) is 6.27. The fourth-order valence-electron chi connectivity index (χ4n) is 2.41. The molecular weight excluding hydrogens is 250 g/mol. The molecule has 1 aromatic heterocycles. The van der Waals surface area contributed by atoms with Crippen LogP contribution in [-0.4, -0.2) is 34.4 Å². The van der Waals surface area contributed by atoms with Gasteiger partial charge in [0.15, 0.2) is 0 Å². The molecule has 2 unspecified atom stereocenters. The lowest BCUT2D eigenvalue weighted by molar-refractivity contribution is 0.0578. The van der Waals surface area contributed by atoms with E-state index in [1.807, 2.05) is 11.8 Å². The molecule has 1 aromatic rings. The molecule has 2 rings (SSSR count). The van der Waals surface area contributed by atoms with Gasteiger partial charge in [-0.25, -0.2) is 4.98 Å². The van der Waals surface area contributed by atoms with Gasteiger partial charge < -0.3 is 10.6 Å². The standard InChI is InChI=1S/C13H18ClN3O/c1-9(15)12-4-2-3-7-17(12)13(18)11-6-5-10(14)8-16-11/h5-6,8-9,12H,2-4,7,15H2,1H3. The number of likely N-dealkylation sites (tertiary alicyclic amines) is 1. The van der Waals surface area contributed by atoms with Crippen molar-refractivity contribution in [3.8, 4) is 0 Å². The van der Waals surface area contributed by atoms with Crippen LogP contribution in [0.4, 0.5) is 0 Å². The number of aromatic nitrogens is 1. The minimum absolute atomic E-state index is 0.0125. The zero-order valence-corrected chi connectivity index (χ0v) is 11.2. The van der Waals surface area contributed by atoms with Gasteiger partial charge in [0.2, 0.25) is 0 Å². The summed E-state index contributed by atoms with van der Waals surface area (Å²) in [5, 5.41) is 0.536. The number of hydrogen-bond acceptors (Lipinski definition) is 3. The smallest absolute Gasteiger partial charge is 0.272 e. The van der Waals surface area contributed by atoms with Gasteiger partial charge in [-0.15, -0.1) is 0 Å². The predicted octanol–water partition coefficient (Wildman–Crippen LogP) is 2.08. The lowest BCUT2D eigenvalue weighted by atomic mass is 9.96. The molecule has 1 saturated heterocycles. The molecule has 0 radical (unpaired) electrons. The Morgan fingerprint density at radius 3 is 2.94 bits per heavy atom. The molecule has 0 aromatic carbocycles. The van der Waals surface area contributed by atoms with Crippen molar-refractivity contribution in [3.05, 3.63) is 29.0 Å². The van der Waals surface area contributed by atoms with Crippen molar-refractivity contribution >= 4 is 17.5 Å². The van der Waals surface area contributed by atoms with E-state index in [0.29, 0.717) is 10.7 Å². The van der Waals surface area contributed by atoms with Crippen molar-refractivity contribution < 1.29 is 4.79 Å².